The minimum absolute atomic E-state index is 3.11. The fraction of sp³-hybridized carbons (Fsp3) is 0. The summed E-state index contributed by atoms with van der Waals surface area (Å²) in [6.07, 6.45) is 0. The van der Waals surface area contributed by atoms with E-state index in [0.29, 0.717) is 0 Å². The lowest BCUT2D eigenvalue weighted by Gasteiger charge is -1.11. The molecule has 0 aromatic rings. The highest BCUT2D eigenvalue weighted by atomic mass is 32.2. The van der Waals surface area contributed by atoms with Crippen molar-refractivity contribution < 1.29 is 12.6 Å². The first kappa shape index (κ1) is 8.97. The molecule has 0 aromatic heterocycles. The fourth-order valence-electron chi connectivity index (χ4n) is 0. The van der Waals surface area contributed by atoms with Gasteiger partial charge in [0, 0.05) is 0 Å². The van der Waals surface area contributed by atoms with Crippen LogP contribution in [0.15, 0.2) is 0 Å². The summed E-state index contributed by atoms with van der Waals surface area (Å²) < 4.78 is 25.3. The van der Waals surface area contributed by atoms with Gasteiger partial charge in [-0.3, -0.25) is 0 Å². The monoisotopic (exact) mass is 111 g/mol. The largest absolute Gasteiger partial charge is 0.425 e. The molecule has 0 radical (unpaired) electrons. The van der Waals surface area contributed by atoms with Crippen LogP contribution < -0.4 is 0 Å². The number of nitroso groups, excluding NO2 is 1. The molecule has 0 aromatic carbocycles. The molecule has 0 bridgehead atoms. The van der Waals surface area contributed by atoms with E-state index in [2.05, 4.69) is 5.59 Å². The van der Waals surface area contributed by atoms with E-state index >= 15 is 0 Å². The average molecular weight is 111 g/mol. The highest BCUT2D eigenvalue weighted by Gasteiger charge is 1.40. The Hall–Kier alpha value is -0.780. The van der Waals surface area contributed by atoms with Crippen LogP contribution >= 0.6 is 0 Å². The first-order valence-electron chi connectivity index (χ1n) is 0.704. The third-order valence-electron chi connectivity index (χ3n) is 0. The van der Waals surface area contributed by atoms with E-state index in [9.17, 15) is 0 Å². The molecule has 6 heavy (non-hydrogen) atoms. The van der Waals surface area contributed by atoms with Crippen molar-refractivity contribution in [2.45, 2.75) is 0 Å². The molecule has 0 aliphatic heterocycles. The Bertz CT molecular complexity index is 87.7. The van der Waals surface area contributed by atoms with Crippen molar-refractivity contribution in [3.8, 4) is 0 Å². The predicted octanol–water partition coefficient (Wildman–Crippen LogP) is -0.673. The lowest BCUT2D eigenvalue weighted by molar-refractivity contribution is 0.559. The maximum atomic E-state index is 8.44. The maximum absolute atomic E-state index is 8.44. The average Bonchev–Trinajstić information content (AvgIpc) is 1.41. The number of rotatable bonds is 0. The molecule has 0 rings (SSSR count). The van der Waals surface area contributed by atoms with Crippen LogP contribution in [-0.4, -0.2) is 12.6 Å². The van der Waals surface area contributed by atoms with Crippen LogP contribution in [0, 0.1) is 10.5 Å². The second-order valence-corrected chi connectivity index (χ2v) is 0.612. The molecule has 0 aliphatic rings. The van der Waals surface area contributed by atoms with Crippen molar-refractivity contribution >= 4 is 10.6 Å². The molecule has 1 N–H and O–H groups in total. The topological polar surface area (TPSA) is 92.1 Å². The van der Waals surface area contributed by atoms with E-state index in [0.717, 1.165) is 0 Å². The molecule has 36 valence electrons. The quantitative estimate of drug-likeness (QED) is 0.419. The van der Waals surface area contributed by atoms with Gasteiger partial charge in [-0.25, -0.2) is 0 Å². The van der Waals surface area contributed by atoms with Crippen molar-refractivity contribution in [3.05, 3.63) is 4.91 Å². The maximum Gasteiger partial charge on any atom is 0.425 e. The van der Waals surface area contributed by atoms with Crippen LogP contribution in [0.2, 0.25) is 0 Å². The van der Waals surface area contributed by atoms with Crippen LogP contribution in [0.1, 0.15) is 0 Å². The first-order chi connectivity index (χ1) is 2.73. The van der Waals surface area contributed by atoms with Gasteiger partial charge in [-0.1, -0.05) is 5.59 Å². The van der Waals surface area contributed by atoms with Crippen LogP contribution in [0.5, 0.6) is 0 Å². The number of hydrogen-bond acceptors (Lipinski definition) is 5. The molecule has 0 aliphatic carbocycles. The number of hydrogen-bond donors (Lipinski definition) is 1. The van der Waals surface area contributed by atoms with Crippen molar-refractivity contribution in [1.82, 2.24) is 0 Å². The first-order valence-corrected chi connectivity index (χ1v) is 1.70. The van der Waals surface area contributed by atoms with Gasteiger partial charge in [0.1, 0.15) is 0 Å². The molecule has 0 spiro atoms. The zero-order valence-corrected chi connectivity index (χ0v) is 3.36. The van der Waals surface area contributed by atoms with Crippen molar-refractivity contribution in [3.63, 3.8) is 0 Å². The van der Waals surface area contributed by atoms with E-state index in [1.165, 1.54) is 0 Å². The van der Waals surface area contributed by atoms with Crippen molar-refractivity contribution in [1.29, 1.82) is 5.59 Å². The molecule has 0 saturated carbocycles. The smallest absolute Gasteiger partial charge is 0.154 e. The van der Waals surface area contributed by atoms with Crippen LogP contribution in [-0.2, 0) is 10.6 Å². The molecular formula is HNO4S. The molecular weight excluding hydrogens is 110 g/mol. The van der Waals surface area contributed by atoms with Crippen molar-refractivity contribution in [2.75, 3.05) is 0 Å². The Morgan fingerprint density at radius 1 is 1.00 bits per heavy atom. The van der Waals surface area contributed by atoms with Crippen LogP contribution in [0.3, 0.4) is 0 Å². The zero-order chi connectivity index (χ0) is 5.58. The minimum atomic E-state index is -3.11. The lowest BCUT2D eigenvalue weighted by Crippen LogP contribution is -1.40. The van der Waals surface area contributed by atoms with Crippen LogP contribution in [0.25, 0.3) is 0 Å². The fourth-order valence-corrected chi connectivity index (χ4v) is 0. The highest BCUT2D eigenvalue weighted by molar-refractivity contribution is 7.59. The van der Waals surface area contributed by atoms with Gasteiger partial charge in [0.2, 0.25) is 0 Å². The highest BCUT2D eigenvalue weighted by Crippen LogP contribution is 1.07. The summed E-state index contributed by atoms with van der Waals surface area (Å²) in [7, 11) is -3.11. The molecule has 0 fully saturated rings. The van der Waals surface area contributed by atoms with Gasteiger partial charge >= 0.3 is 10.6 Å². The van der Waals surface area contributed by atoms with Crippen molar-refractivity contribution in [2.24, 2.45) is 0 Å². The van der Waals surface area contributed by atoms with Gasteiger partial charge in [0.25, 0.3) is 0 Å². The van der Waals surface area contributed by atoms with E-state index in [1.807, 2.05) is 0 Å². The van der Waals surface area contributed by atoms with Gasteiger partial charge in [0.05, 0.1) is 0 Å². The summed E-state index contributed by atoms with van der Waals surface area (Å²) in [6.45, 7) is 0. The summed E-state index contributed by atoms with van der Waals surface area (Å²) in [5.74, 6) is 0. The molecule has 0 heterocycles. The van der Waals surface area contributed by atoms with Crippen LogP contribution in [0.4, 0.5) is 0 Å². The Morgan fingerprint density at radius 3 is 1.00 bits per heavy atom. The van der Waals surface area contributed by atoms with E-state index in [-0.39, 0.29) is 0 Å². The Balaban J connectivity index is 0. The van der Waals surface area contributed by atoms with Gasteiger partial charge in [-0.05, 0) is 0 Å². The van der Waals surface area contributed by atoms with E-state index < -0.39 is 10.6 Å². The Labute approximate surface area is 34.8 Å². The van der Waals surface area contributed by atoms with E-state index in [4.69, 9.17) is 17.5 Å². The lowest BCUT2D eigenvalue weighted by atomic mass is 13.8. The third-order valence-corrected chi connectivity index (χ3v) is 0. The standard InChI is InChI=1S/HNO.O3S/c1-2;1-4(2)3/h1H;. The minimum Gasteiger partial charge on any atom is -0.154 e. The Morgan fingerprint density at radius 2 is 1.00 bits per heavy atom. The molecule has 5 nitrogen and oxygen atoms in total. The second kappa shape index (κ2) is 8.88. The summed E-state index contributed by atoms with van der Waals surface area (Å²) in [5, 5.41) is 0. The molecule has 0 atom stereocenters. The predicted molar refractivity (Wildman–Crippen MR) is 15.8 cm³/mol. The van der Waals surface area contributed by atoms with Gasteiger partial charge in [-0.15, -0.1) is 12.6 Å². The molecule has 0 saturated heterocycles. The summed E-state index contributed by atoms with van der Waals surface area (Å²) in [5.41, 5.74) is 4.50. The molecule has 0 amide bonds. The summed E-state index contributed by atoms with van der Waals surface area (Å²) >= 11 is 0. The Kier molecular flexibility index (Phi) is 13.3. The SMILES string of the molecule is N=O.O=S(=O)=O. The second-order valence-electron chi connectivity index (χ2n) is 0.204. The third kappa shape index (κ3) is 26.1. The summed E-state index contributed by atoms with van der Waals surface area (Å²) in [4.78, 5) is 7.50. The number of nitrogens with one attached hydrogen (secondary N) is 1. The summed E-state index contributed by atoms with van der Waals surface area (Å²) in [6, 6.07) is 0. The molecule has 0 unspecified atom stereocenters. The molecule has 6 heteroatoms. The normalized spacial score (nSPS) is 4.67. The van der Waals surface area contributed by atoms with Gasteiger partial charge in [0.15, 0.2) is 0 Å². The van der Waals surface area contributed by atoms with E-state index in [1.54, 1.807) is 0 Å². The van der Waals surface area contributed by atoms with Gasteiger partial charge in [-0.2, -0.15) is 4.91 Å². The zero-order valence-electron chi connectivity index (χ0n) is 2.54. The van der Waals surface area contributed by atoms with Gasteiger partial charge < -0.3 is 0 Å².